The van der Waals surface area contributed by atoms with Crippen LogP contribution in [0.5, 0.6) is 11.5 Å². The smallest absolute Gasteiger partial charge is 0.449 e. The third-order valence-electron chi connectivity index (χ3n) is 5.47. The number of ketones is 1. The molecule has 1 amide bonds. The van der Waals surface area contributed by atoms with E-state index in [1.54, 1.807) is 42.5 Å². The monoisotopic (exact) mass is 497 g/mol. The Hall–Kier alpha value is -4.34. The molecule has 0 radical (unpaired) electrons. The van der Waals surface area contributed by atoms with Crippen LogP contribution in [0, 0.1) is 0 Å². The highest BCUT2D eigenvalue weighted by Crippen LogP contribution is 2.31. The summed E-state index contributed by atoms with van der Waals surface area (Å²) in [6.45, 7) is 1.07. The second-order valence-corrected chi connectivity index (χ2v) is 7.98. The van der Waals surface area contributed by atoms with Gasteiger partial charge in [0.2, 0.25) is 5.82 Å². The molecule has 1 atom stereocenters. The van der Waals surface area contributed by atoms with Gasteiger partial charge in [-0.15, -0.1) is 0 Å². The van der Waals surface area contributed by atoms with Crippen LogP contribution in [0.2, 0.25) is 0 Å². The van der Waals surface area contributed by atoms with Crippen molar-refractivity contribution < 1.29 is 32.2 Å². The summed E-state index contributed by atoms with van der Waals surface area (Å²) in [5.41, 5.74) is 2.08. The molecule has 0 saturated heterocycles. The highest BCUT2D eigenvalue weighted by molar-refractivity contribution is 5.94. The van der Waals surface area contributed by atoms with Gasteiger partial charge in [0.05, 0.1) is 24.2 Å². The molecule has 0 aliphatic rings. The molecule has 0 aliphatic carbocycles. The number of fused-ring (bicyclic) bond motifs is 1. The molecule has 0 saturated carbocycles. The summed E-state index contributed by atoms with van der Waals surface area (Å²) in [6.07, 6.45) is -4.60. The summed E-state index contributed by atoms with van der Waals surface area (Å²) < 4.78 is 50.1. The number of alkyl halides is 3. The fraction of sp³-hybridized carbons (Fsp3) is 0.192. The molecule has 0 bridgehead atoms. The van der Waals surface area contributed by atoms with E-state index in [-0.39, 0.29) is 29.2 Å². The number of carbonyl (C=O) groups excluding carboxylic acids is 2. The van der Waals surface area contributed by atoms with Crippen molar-refractivity contribution in [3.05, 3.63) is 89.2 Å². The Morgan fingerprint density at radius 1 is 1.00 bits per heavy atom. The summed E-state index contributed by atoms with van der Waals surface area (Å²) in [5, 5.41) is 2.87. The maximum absolute atomic E-state index is 13.1. The summed E-state index contributed by atoms with van der Waals surface area (Å²) in [6, 6.07) is 17.6. The third-order valence-corrected chi connectivity index (χ3v) is 5.47. The first-order valence-electron chi connectivity index (χ1n) is 10.9. The highest BCUT2D eigenvalue weighted by Gasteiger charge is 2.34. The molecule has 3 aromatic carbocycles. The zero-order valence-electron chi connectivity index (χ0n) is 19.3. The van der Waals surface area contributed by atoms with E-state index < -0.39 is 23.9 Å². The van der Waals surface area contributed by atoms with Gasteiger partial charge in [-0.05, 0) is 48.4 Å². The number of ether oxygens (including phenoxy) is 2. The quantitative estimate of drug-likeness (QED) is 0.331. The number of Topliss-reactive ketones (excluding diaryl/α,β-unsaturated/α-hetero) is 1. The van der Waals surface area contributed by atoms with Gasteiger partial charge in [0.1, 0.15) is 0 Å². The largest absolute Gasteiger partial charge is 0.493 e. The Labute approximate surface area is 204 Å². The lowest BCUT2D eigenvalue weighted by Crippen LogP contribution is -2.33. The van der Waals surface area contributed by atoms with Crippen LogP contribution in [0.3, 0.4) is 0 Å². The molecule has 1 heterocycles. The molecule has 186 valence electrons. The van der Waals surface area contributed by atoms with Crippen molar-refractivity contribution in [2.45, 2.75) is 19.1 Å². The molecule has 4 rings (SSSR count). The van der Waals surface area contributed by atoms with Gasteiger partial charge in [0.25, 0.3) is 5.91 Å². The Morgan fingerprint density at radius 2 is 1.75 bits per heavy atom. The Kier molecular flexibility index (Phi) is 6.96. The molecule has 1 unspecified atom stereocenters. The fourth-order valence-electron chi connectivity index (χ4n) is 3.70. The summed E-state index contributed by atoms with van der Waals surface area (Å²) in [4.78, 5) is 30.3. The molecule has 36 heavy (non-hydrogen) atoms. The second kappa shape index (κ2) is 10.1. The number of nitrogens with one attached hydrogen (secondary N) is 2. The molecular weight excluding hydrogens is 475 g/mol. The number of nitrogens with zero attached hydrogens (tertiary/aromatic N) is 1. The van der Waals surface area contributed by atoms with Crippen molar-refractivity contribution in [3.63, 3.8) is 0 Å². The van der Waals surface area contributed by atoms with E-state index in [2.05, 4.69) is 15.3 Å². The van der Waals surface area contributed by atoms with Crippen molar-refractivity contribution in [1.29, 1.82) is 0 Å². The number of hydrogen-bond acceptors (Lipinski definition) is 5. The zero-order chi connectivity index (χ0) is 25.9. The average Bonchev–Trinajstić information content (AvgIpc) is 3.30. The summed E-state index contributed by atoms with van der Waals surface area (Å²) in [5.74, 6) is -1.11. The predicted octanol–water partition coefficient (Wildman–Crippen LogP) is 5.08. The molecule has 0 aliphatic heterocycles. The maximum Gasteiger partial charge on any atom is 0.449 e. The lowest BCUT2D eigenvalue weighted by molar-refractivity contribution is -0.144. The molecule has 4 aromatic rings. The number of rotatable bonds is 8. The summed E-state index contributed by atoms with van der Waals surface area (Å²) >= 11 is 0. The second-order valence-electron chi connectivity index (χ2n) is 7.98. The van der Waals surface area contributed by atoms with Gasteiger partial charge in [-0.2, -0.15) is 13.2 Å². The Balaban J connectivity index is 1.57. The first-order chi connectivity index (χ1) is 17.2. The molecular formula is C26H22F3N3O4. The number of halogens is 3. The van der Waals surface area contributed by atoms with Crippen molar-refractivity contribution in [2.75, 3.05) is 13.7 Å². The van der Waals surface area contributed by atoms with Gasteiger partial charge in [-0.1, -0.05) is 36.4 Å². The van der Waals surface area contributed by atoms with Crippen molar-refractivity contribution in [3.8, 4) is 11.5 Å². The van der Waals surface area contributed by atoms with Crippen molar-refractivity contribution in [1.82, 2.24) is 15.3 Å². The number of H-pyrrole nitrogens is 1. The number of amides is 1. The molecule has 1 aromatic heterocycles. The number of hydrogen-bond donors (Lipinski definition) is 2. The van der Waals surface area contributed by atoms with Gasteiger partial charge < -0.3 is 19.8 Å². The minimum Gasteiger partial charge on any atom is -0.493 e. The average molecular weight is 497 g/mol. The van der Waals surface area contributed by atoms with Gasteiger partial charge in [0, 0.05) is 5.56 Å². The maximum atomic E-state index is 13.1. The van der Waals surface area contributed by atoms with Gasteiger partial charge in [0.15, 0.2) is 23.9 Å². The molecule has 0 fully saturated rings. The number of imidazole rings is 1. The number of aromatic nitrogens is 2. The SMILES string of the molecule is COc1cc(C(C)=O)ccc1OCC(=O)NC(c1ccccc1)c1ccc2nc(C(F)(F)F)[nH]c2c1. The number of methoxy groups -OCH3 is 1. The van der Waals surface area contributed by atoms with E-state index in [4.69, 9.17) is 9.47 Å². The van der Waals surface area contributed by atoms with Crippen LogP contribution >= 0.6 is 0 Å². The highest BCUT2D eigenvalue weighted by atomic mass is 19.4. The molecule has 0 spiro atoms. The van der Waals surface area contributed by atoms with Crippen LogP contribution in [-0.4, -0.2) is 35.4 Å². The van der Waals surface area contributed by atoms with Crippen LogP contribution in [-0.2, 0) is 11.0 Å². The van der Waals surface area contributed by atoms with Crippen LogP contribution in [0.4, 0.5) is 13.2 Å². The van der Waals surface area contributed by atoms with E-state index >= 15 is 0 Å². The van der Waals surface area contributed by atoms with Crippen molar-refractivity contribution in [2.24, 2.45) is 0 Å². The standard InChI is InChI=1S/C26H22F3N3O4/c1-15(33)17-9-11-21(22(13-17)35-2)36-14-23(34)32-24(16-6-4-3-5-7-16)18-8-10-19-20(12-18)31-25(30-19)26(27,28)29/h3-13,24H,14H2,1-2H3,(H,30,31)(H,32,34). The Morgan fingerprint density at radius 3 is 2.42 bits per heavy atom. The van der Waals surface area contributed by atoms with E-state index in [1.807, 2.05) is 6.07 Å². The van der Waals surface area contributed by atoms with Gasteiger partial charge >= 0.3 is 6.18 Å². The van der Waals surface area contributed by atoms with Crippen LogP contribution < -0.4 is 14.8 Å². The van der Waals surface area contributed by atoms with Gasteiger partial charge in [-0.3, -0.25) is 9.59 Å². The number of carbonyl (C=O) groups is 2. The van der Waals surface area contributed by atoms with Crippen LogP contribution in [0.1, 0.15) is 40.3 Å². The number of aromatic amines is 1. The fourth-order valence-corrected chi connectivity index (χ4v) is 3.70. The van der Waals surface area contributed by atoms with E-state index in [1.165, 1.54) is 32.2 Å². The van der Waals surface area contributed by atoms with Crippen molar-refractivity contribution >= 4 is 22.7 Å². The summed E-state index contributed by atoms with van der Waals surface area (Å²) in [7, 11) is 1.42. The molecule has 2 N–H and O–H groups in total. The van der Waals surface area contributed by atoms with Gasteiger partial charge in [-0.25, -0.2) is 4.98 Å². The Bertz CT molecular complexity index is 1400. The zero-order valence-corrected chi connectivity index (χ0v) is 19.3. The minimum absolute atomic E-state index is 0.139. The van der Waals surface area contributed by atoms with Crippen LogP contribution in [0.25, 0.3) is 11.0 Å². The molecule has 7 nitrogen and oxygen atoms in total. The lowest BCUT2D eigenvalue weighted by Gasteiger charge is -2.20. The van der Waals surface area contributed by atoms with Crippen LogP contribution in [0.15, 0.2) is 66.7 Å². The first-order valence-corrected chi connectivity index (χ1v) is 10.9. The lowest BCUT2D eigenvalue weighted by atomic mass is 9.98. The molecule has 10 heteroatoms. The first kappa shape index (κ1) is 24.8. The van der Waals surface area contributed by atoms with E-state index in [9.17, 15) is 22.8 Å². The van der Waals surface area contributed by atoms with E-state index in [0.29, 0.717) is 16.9 Å². The normalized spacial score (nSPS) is 12.2. The number of benzene rings is 3. The predicted molar refractivity (Wildman–Crippen MR) is 126 cm³/mol. The minimum atomic E-state index is -4.60. The third kappa shape index (κ3) is 5.48. The topological polar surface area (TPSA) is 93.3 Å². The van der Waals surface area contributed by atoms with E-state index in [0.717, 1.165) is 5.56 Å².